The molecule has 0 aromatic rings. The standard InChI is InChI=1S/C17H34N2/c1-4-5-10-18-11-13-19(14-12-18)16(3)17-8-6-15(2)7-9-17/h15-17H,4-14H2,1-3H3. The van der Waals surface area contributed by atoms with Crippen LogP contribution in [0.3, 0.4) is 0 Å². The normalized spacial score (nSPS) is 32.4. The van der Waals surface area contributed by atoms with Gasteiger partial charge in [0.2, 0.25) is 0 Å². The van der Waals surface area contributed by atoms with Crippen LogP contribution in [0.15, 0.2) is 0 Å². The second-order valence-corrected chi connectivity index (χ2v) is 6.99. The molecule has 19 heavy (non-hydrogen) atoms. The van der Waals surface area contributed by atoms with Gasteiger partial charge in [0.05, 0.1) is 0 Å². The third kappa shape index (κ3) is 4.46. The summed E-state index contributed by atoms with van der Waals surface area (Å²) in [6.07, 6.45) is 8.57. The molecule has 0 N–H and O–H groups in total. The molecule has 2 fully saturated rings. The highest BCUT2D eigenvalue weighted by atomic mass is 15.3. The van der Waals surface area contributed by atoms with Gasteiger partial charge in [0, 0.05) is 32.2 Å². The average Bonchev–Trinajstić information content (AvgIpc) is 2.46. The number of hydrogen-bond acceptors (Lipinski definition) is 2. The summed E-state index contributed by atoms with van der Waals surface area (Å²) in [6.45, 7) is 13.7. The molecule has 2 nitrogen and oxygen atoms in total. The van der Waals surface area contributed by atoms with E-state index in [9.17, 15) is 0 Å². The smallest absolute Gasteiger partial charge is 0.0113 e. The Hall–Kier alpha value is -0.0800. The Bertz CT molecular complexity index is 238. The predicted molar refractivity (Wildman–Crippen MR) is 83.5 cm³/mol. The van der Waals surface area contributed by atoms with Crippen molar-refractivity contribution in [3.63, 3.8) is 0 Å². The maximum atomic E-state index is 2.77. The first-order valence-electron chi connectivity index (χ1n) is 8.67. The Morgan fingerprint density at radius 2 is 1.63 bits per heavy atom. The first kappa shape index (κ1) is 15.3. The molecular formula is C17H34N2. The largest absolute Gasteiger partial charge is 0.301 e. The molecule has 2 aliphatic rings. The van der Waals surface area contributed by atoms with Crippen LogP contribution < -0.4 is 0 Å². The van der Waals surface area contributed by atoms with E-state index in [1.54, 1.807) is 0 Å². The zero-order chi connectivity index (χ0) is 13.7. The fourth-order valence-electron chi connectivity index (χ4n) is 3.84. The van der Waals surface area contributed by atoms with E-state index in [4.69, 9.17) is 0 Å². The van der Waals surface area contributed by atoms with Crippen molar-refractivity contribution in [3.05, 3.63) is 0 Å². The van der Waals surface area contributed by atoms with E-state index in [-0.39, 0.29) is 0 Å². The molecule has 1 heterocycles. The number of unbranched alkanes of at least 4 members (excludes halogenated alkanes) is 1. The number of rotatable bonds is 5. The lowest BCUT2D eigenvalue weighted by atomic mass is 9.79. The zero-order valence-corrected chi connectivity index (χ0v) is 13.4. The van der Waals surface area contributed by atoms with Crippen LogP contribution >= 0.6 is 0 Å². The maximum absolute atomic E-state index is 2.77. The van der Waals surface area contributed by atoms with E-state index in [0.717, 1.165) is 17.9 Å². The molecule has 1 unspecified atom stereocenters. The van der Waals surface area contributed by atoms with Gasteiger partial charge in [-0.1, -0.05) is 33.1 Å². The van der Waals surface area contributed by atoms with Crippen molar-refractivity contribution in [1.82, 2.24) is 9.80 Å². The predicted octanol–water partition coefficient (Wildman–Crippen LogP) is 3.62. The molecule has 112 valence electrons. The van der Waals surface area contributed by atoms with Crippen molar-refractivity contribution in [2.24, 2.45) is 11.8 Å². The van der Waals surface area contributed by atoms with Crippen LogP contribution in [0.1, 0.15) is 59.3 Å². The Labute approximate surface area is 120 Å². The van der Waals surface area contributed by atoms with Crippen molar-refractivity contribution in [2.45, 2.75) is 65.3 Å². The van der Waals surface area contributed by atoms with Crippen LogP contribution in [0.25, 0.3) is 0 Å². The fourth-order valence-corrected chi connectivity index (χ4v) is 3.84. The van der Waals surface area contributed by atoms with Crippen LogP contribution in [0.5, 0.6) is 0 Å². The Morgan fingerprint density at radius 1 is 1.00 bits per heavy atom. The van der Waals surface area contributed by atoms with E-state index < -0.39 is 0 Å². The number of hydrogen-bond donors (Lipinski definition) is 0. The van der Waals surface area contributed by atoms with Gasteiger partial charge in [0.15, 0.2) is 0 Å². The molecule has 0 bridgehead atoms. The van der Waals surface area contributed by atoms with Crippen LogP contribution in [0.4, 0.5) is 0 Å². The first-order chi connectivity index (χ1) is 9.20. The van der Waals surface area contributed by atoms with Gasteiger partial charge in [-0.2, -0.15) is 0 Å². The molecule has 2 rings (SSSR count). The van der Waals surface area contributed by atoms with E-state index in [0.29, 0.717) is 0 Å². The zero-order valence-electron chi connectivity index (χ0n) is 13.4. The van der Waals surface area contributed by atoms with Crippen molar-refractivity contribution in [1.29, 1.82) is 0 Å². The lowest BCUT2D eigenvalue weighted by molar-refractivity contribution is 0.0619. The highest BCUT2D eigenvalue weighted by Crippen LogP contribution is 2.32. The number of nitrogens with zero attached hydrogens (tertiary/aromatic N) is 2. The van der Waals surface area contributed by atoms with E-state index in [1.807, 2.05) is 0 Å². The van der Waals surface area contributed by atoms with E-state index in [1.165, 1.54) is 71.2 Å². The van der Waals surface area contributed by atoms with Gasteiger partial charge in [-0.15, -0.1) is 0 Å². The summed E-state index contributed by atoms with van der Waals surface area (Å²) in [7, 11) is 0. The first-order valence-corrected chi connectivity index (χ1v) is 8.67. The summed E-state index contributed by atoms with van der Waals surface area (Å²) in [5, 5.41) is 0. The third-order valence-corrected chi connectivity index (χ3v) is 5.55. The molecule has 0 aromatic heterocycles. The summed E-state index contributed by atoms with van der Waals surface area (Å²) in [5.41, 5.74) is 0. The minimum absolute atomic E-state index is 0.820. The Balaban J connectivity index is 1.71. The van der Waals surface area contributed by atoms with E-state index in [2.05, 4.69) is 30.6 Å². The van der Waals surface area contributed by atoms with Gasteiger partial charge in [-0.05, 0) is 44.6 Å². The minimum Gasteiger partial charge on any atom is -0.301 e. The fraction of sp³-hybridized carbons (Fsp3) is 1.00. The Morgan fingerprint density at radius 3 is 2.21 bits per heavy atom. The quantitative estimate of drug-likeness (QED) is 0.750. The molecule has 1 atom stereocenters. The van der Waals surface area contributed by atoms with Crippen LogP contribution in [-0.4, -0.2) is 48.6 Å². The molecule has 0 amide bonds. The van der Waals surface area contributed by atoms with Gasteiger partial charge >= 0.3 is 0 Å². The van der Waals surface area contributed by atoms with Gasteiger partial charge in [-0.3, -0.25) is 4.90 Å². The van der Waals surface area contributed by atoms with Crippen molar-refractivity contribution < 1.29 is 0 Å². The lowest BCUT2D eigenvalue weighted by Gasteiger charge is -2.42. The van der Waals surface area contributed by atoms with Gasteiger partial charge in [0.1, 0.15) is 0 Å². The monoisotopic (exact) mass is 266 g/mol. The third-order valence-electron chi connectivity index (χ3n) is 5.55. The molecule has 2 heteroatoms. The van der Waals surface area contributed by atoms with Crippen molar-refractivity contribution in [2.75, 3.05) is 32.7 Å². The van der Waals surface area contributed by atoms with Crippen molar-refractivity contribution in [3.8, 4) is 0 Å². The topological polar surface area (TPSA) is 6.48 Å². The van der Waals surface area contributed by atoms with Crippen molar-refractivity contribution >= 4 is 0 Å². The second kappa shape index (κ2) is 7.64. The minimum atomic E-state index is 0.820. The van der Waals surface area contributed by atoms with Gasteiger partial charge in [0.25, 0.3) is 0 Å². The molecule has 1 saturated heterocycles. The molecule has 0 spiro atoms. The van der Waals surface area contributed by atoms with E-state index >= 15 is 0 Å². The maximum Gasteiger partial charge on any atom is 0.0113 e. The summed E-state index contributed by atoms with van der Waals surface area (Å²) >= 11 is 0. The SMILES string of the molecule is CCCCN1CCN(C(C)C2CCC(C)CC2)CC1. The molecule has 1 saturated carbocycles. The molecule has 1 aliphatic carbocycles. The molecule has 1 aliphatic heterocycles. The molecule has 0 aromatic carbocycles. The lowest BCUT2D eigenvalue weighted by Crippen LogP contribution is -2.51. The highest BCUT2D eigenvalue weighted by molar-refractivity contribution is 4.83. The highest BCUT2D eigenvalue weighted by Gasteiger charge is 2.29. The van der Waals surface area contributed by atoms with Crippen LogP contribution in [0.2, 0.25) is 0 Å². The second-order valence-electron chi connectivity index (χ2n) is 6.99. The summed E-state index contributed by atoms with van der Waals surface area (Å²) in [5.74, 6) is 1.95. The summed E-state index contributed by atoms with van der Waals surface area (Å²) in [6, 6.07) is 0.820. The molecular weight excluding hydrogens is 232 g/mol. The summed E-state index contributed by atoms with van der Waals surface area (Å²) < 4.78 is 0. The Kier molecular flexibility index (Phi) is 6.15. The van der Waals surface area contributed by atoms with Gasteiger partial charge < -0.3 is 4.90 Å². The average molecular weight is 266 g/mol. The molecule has 0 radical (unpaired) electrons. The van der Waals surface area contributed by atoms with Crippen LogP contribution in [0, 0.1) is 11.8 Å². The van der Waals surface area contributed by atoms with Gasteiger partial charge in [-0.25, -0.2) is 0 Å². The van der Waals surface area contributed by atoms with Crippen LogP contribution in [-0.2, 0) is 0 Å². The number of piperazine rings is 1. The summed E-state index contributed by atoms with van der Waals surface area (Å²) in [4.78, 5) is 5.43.